The average molecular weight is 281 g/mol. The summed E-state index contributed by atoms with van der Waals surface area (Å²) in [7, 11) is 0. The van der Waals surface area contributed by atoms with Gasteiger partial charge in [-0.15, -0.1) is 0 Å². The highest BCUT2D eigenvalue weighted by Crippen LogP contribution is 2.39. The Balaban J connectivity index is 1.82. The van der Waals surface area contributed by atoms with Crippen LogP contribution in [0, 0.1) is 28.9 Å². The summed E-state index contributed by atoms with van der Waals surface area (Å²) in [5.74, 6) is 0.353. The minimum Gasteiger partial charge on any atom is -0.382 e. The van der Waals surface area contributed by atoms with Gasteiger partial charge in [0.25, 0.3) is 0 Å². The summed E-state index contributed by atoms with van der Waals surface area (Å²) < 4.78 is 26.3. The number of nitrogens with one attached hydrogen (secondary N) is 1. The highest BCUT2D eigenvalue weighted by Gasteiger charge is 2.29. The molecule has 1 aliphatic carbocycles. The molecule has 20 heavy (non-hydrogen) atoms. The predicted octanol–water partition coefficient (Wildman–Crippen LogP) is 5.23. The lowest BCUT2D eigenvalue weighted by Gasteiger charge is -2.37. The van der Waals surface area contributed by atoms with E-state index in [9.17, 15) is 8.78 Å². The van der Waals surface area contributed by atoms with Crippen molar-refractivity contribution in [3.63, 3.8) is 0 Å². The molecule has 0 bridgehead atoms. The molecule has 0 aromatic heterocycles. The Morgan fingerprint density at radius 3 is 2.30 bits per heavy atom. The van der Waals surface area contributed by atoms with Crippen LogP contribution >= 0.6 is 0 Å². The van der Waals surface area contributed by atoms with Gasteiger partial charge in [0.1, 0.15) is 11.6 Å². The standard InChI is InChI=1S/C17H25F2N/c1-17(2,3)13-6-4-12(5-7-13)11-20-16-9-8-14(18)10-15(16)19/h8-10,12-13,20H,4-7,11H2,1-3H3. The highest BCUT2D eigenvalue weighted by atomic mass is 19.1. The van der Waals surface area contributed by atoms with Gasteiger partial charge in [-0.1, -0.05) is 20.8 Å². The molecule has 1 aromatic carbocycles. The Labute approximate surface area is 120 Å². The number of halogens is 2. The van der Waals surface area contributed by atoms with Gasteiger partial charge < -0.3 is 5.32 Å². The Bertz CT molecular complexity index is 443. The van der Waals surface area contributed by atoms with Crippen LogP contribution in [0.5, 0.6) is 0 Å². The SMILES string of the molecule is CC(C)(C)C1CCC(CNc2ccc(F)cc2F)CC1. The monoisotopic (exact) mass is 281 g/mol. The van der Waals surface area contributed by atoms with Gasteiger partial charge in [0.05, 0.1) is 5.69 Å². The van der Waals surface area contributed by atoms with Crippen molar-refractivity contribution in [2.75, 3.05) is 11.9 Å². The first-order chi connectivity index (χ1) is 9.36. The van der Waals surface area contributed by atoms with Crippen molar-refractivity contribution in [2.45, 2.75) is 46.5 Å². The van der Waals surface area contributed by atoms with Gasteiger partial charge in [0.2, 0.25) is 0 Å². The van der Waals surface area contributed by atoms with Crippen molar-refractivity contribution in [3.05, 3.63) is 29.8 Å². The third kappa shape index (κ3) is 3.94. The van der Waals surface area contributed by atoms with Gasteiger partial charge in [-0.2, -0.15) is 0 Å². The van der Waals surface area contributed by atoms with E-state index in [1.165, 1.54) is 37.8 Å². The van der Waals surface area contributed by atoms with E-state index in [0.29, 0.717) is 17.0 Å². The van der Waals surface area contributed by atoms with E-state index in [1.807, 2.05) is 0 Å². The normalized spacial score (nSPS) is 23.6. The predicted molar refractivity (Wildman–Crippen MR) is 79.8 cm³/mol. The first kappa shape index (κ1) is 15.3. The molecule has 2 rings (SSSR count). The van der Waals surface area contributed by atoms with Crippen LogP contribution in [0.25, 0.3) is 0 Å². The van der Waals surface area contributed by atoms with Crippen molar-refractivity contribution < 1.29 is 8.78 Å². The Kier molecular flexibility index (Phi) is 4.66. The van der Waals surface area contributed by atoms with Crippen molar-refractivity contribution in [1.82, 2.24) is 0 Å². The summed E-state index contributed by atoms with van der Waals surface area (Å²) in [4.78, 5) is 0. The van der Waals surface area contributed by atoms with Gasteiger partial charge in [0.15, 0.2) is 0 Å². The smallest absolute Gasteiger partial charge is 0.149 e. The molecule has 1 nitrogen and oxygen atoms in total. The Morgan fingerprint density at radius 1 is 1.10 bits per heavy atom. The van der Waals surface area contributed by atoms with Gasteiger partial charge in [-0.25, -0.2) is 8.78 Å². The molecule has 0 amide bonds. The third-order valence-corrected chi connectivity index (χ3v) is 4.58. The van der Waals surface area contributed by atoms with Gasteiger partial charge in [-0.05, 0) is 55.1 Å². The summed E-state index contributed by atoms with van der Waals surface area (Å²) in [5, 5.41) is 3.12. The van der Waals surface area contributed by atoms with Crippen LogP contribution in [0.3, 0.4) is 0 Å². The van der Waals surface area contributed by atoms with Crippen LogP contribution in [0.1, 0.15) is 46.5 Å². The maximum absolute atomic E-state index is 13.5. The average Bonchev–Trinajstić information content (AvgIpc) is 2.37. The maximum Gasteiger partial charge on any atom is 0.149 e. The van der Waals surface area contributed by atoms with E-state index in [-0.39, 0.29) is 0 Å². The van der Waals surface area contributed by atoms with Crippen LogP contribution in [0.4, 0.5) is 14.5 Å². The van der Waals surface area contributed by atoms with Crippen LogP contribution in [0.2, 0.25) is 0 Å². The molecule has 1 saturated carbocycles. The zero-order valence-corrected chi connectivity index (χ0v) is 12.7. The molecule has 0 saturated heterocycles. The summed E-state index contributed by atoms with van der Waals surface area (Å²) in [5.41, 5.74) is 0.797. The second kappa shape index (κ2) is 6.11. The largest absolute Gasteiger partial charge is 0.382 e. The lowest BCUT2D eigenvalue weighted by molar-refractivity contribution is 0.153. The molecule has 1 aliphatic rings. The minimum absolute atomic E-state index is 0.390. The first-order valence-electron chi connectivity index (χ1n) is 7.55. The molecule has 0 atom stereocenters. The van der Waals surface area contributed by atoms with E-state index in [4.69, 9.17) is 0 Å². The number of benzene rings is 1. The van der Waals surface area contributed by atoms with E-state index >= 15 is 0 Å². The van der Waals surface area contributed by atoms with Gasteiger partial charge >= 0.3 is 0 Å². The highest BCUT2D eigenvalue weighted by molar-refractivity contribution is 5.44. The fourth-order valence-corrected chi connectivity index (χ4v) is 3.12. The first-order valence-corrected chi connectivity index (χ1v) is 7.55. The van der Waals surface area contributed by atoms with E-state index in [1.54, 1.807) is 0 Å². The quantitative estimate of drug-likeness (QED) is 0.800. The summed E-state index contributed by atoms with van der Waals surface area (Å²) in [6, 6.07) is 3.70. The lowest BCUT2D eigenvalue weighted by Crippen LogP contribution is -2.28. The van der Waals surface area contributed by atoms with Crippen LogP contribution < -0.4 is 5.32 Å². The number of hydrogen-bond acceptors (Lipinski definition) is 1. The molecular formula is C17H25F2N. The zero-order valence-electron chi connectivity index (χ0n) is 12.7. The molecule has 0 heterocycles. The molecule has 1 N–H and O–H groups in total. The second-order valence-corrected chi connectivity index (χ2v) is 7.09. The van der Waals surface area contributed by atoms with E-state index in [2.05, 4.69) is 26.1 Å². The fourth-order valence-electron chi connectivity index (χ4n) is 3.12. The van der Waals surface area contributed by atoms with Crippen molar-refractivity contribution in [2.24, 2.45) is 17.3 Å². The van der Waals surface area contributed by atoms with Crippen molar-refractivity contribution >= 4 is 5.69 Å². The molecule has 0 radical (unpaired) electrons. The maximum atomic E-state index is 13.5. The van der Waals surface area contributed by atoms with Crippen LogP contribution in [-0.2, 0) is 0 Å². The molecule has 1 fully saturated rings. The van der Waals surface area contributed by atoms with Crippen LogP contribution in [0.15, 0.2) is 18.2 Å². The summed E-state index contributed by atoms with van der Waals surface area (Å²) in [6.07, 6.45) is 4.89. The molecule has 3 heteroatoms. The molecule has 112 valence electrons. The number of hydrogen-bond donors (Lipinski definition) is 1. The molecule has 0 aliphatic heterocycles. The second-order valence-electron chi connectivity index (χ2n) is 7.09. The Morgan fingerprint density at radius 2 is 1.75 bits per heavy atom. The summed E-state index contributed by atoms with van der Waals surface area (Å²) in [6.45, 7) is 7.71. The number of anilines is 1. The van der Waals surface area contributed by atoms with Gasteiger partial charge in [0, 0.05) is 12.6 Å². The van der Waals surface area contributed by atoms with Crippen LogP contribution in [-0.4, -0.2) is 6.54 Å². The molecule has 0 unspecified atom stereocenters. The molecule has 0 spiro atoms. The van der Waals surface area contributed by atoms with E-state index in [0.717, 1.165) is 18.5 Å². The lowest BCUT2D eigenvalue weighted by atomic mass is 9.70. The van der Waals surface area contributed by atoms with Crippen molar-refractivity contribution in [3.8, 4) is 0 Å². The Hall–Kier alpha value is -1.12. The summed E-state index contributed by atoms with van der Waals surface area (Å²) >= 11 is 0. The third-order valence-electron chi connectivity index (χ3n) is 4.58. The fraction of sp³-hybridized carbons (Fsp3) is 0.647. The van der Waals surface area contributed by atoms with Gasteiger partial charge in [-0.3, -0.25) is 0 Å². The number of rotatable bonds is 3. The topological polar surface area (TPSA) is 12.0 Å². The van der Waals surface area contributed by atoms with E-state index < -0.39 is 11.6 Å². The minimum atomic E-state index is -0.529. The van der Waals surface area contributed by atoms with Crippen molar-refractivity contribution in [1.29, 1.82) is 0 Å². The molecular weight excluding hydrogens is 256 g/mol. The zero-order chi connectivity index (χ0) is 14.8. The molecule has 1 aromatic rings.